The van der Waals surface area contributed by atoms with Crippen LogP contribution in [0, 0.1) is 0 Å². The van der Waals surface area contributed by atoms with E-state index in [0.29, 0.717) is 33.8 Å². The normalized spacial score (nSPS) is 10.7. The minimum atomic E-state index is -0.274. The van der Waals surface area contributed by atoms with Gasteiger partial charge in [0.25, 0.3) is 0 Å². The van der Waals surface area contributed by atoms with Crippen LogP contribution in [0.1, 0.15) is 18.9 Å². The second kappa shape index (κ2) is 9.35. The number of methoxy groups -OCH3 is 1. The molecule has 2 rings (SSSR count). The summed E-state index contributed by atoms with van der Waals surface area (Å²) >= 11 is 11.8. The van der Waals surface area contributed by atoms with Crippen LogP contribution in [0.15, 0.2) is 42.5 Å². The van der Waals surface area contributed by atoms with Gasteiger partial charge in [-0.05, 0) is 48.4 Å². The molecule has 1 N–H and O–H groups in total. The lowest BCUT2D eigenvalue weighted by molar-refractivity contribution is -0.111. The van der Waals surface area contributed by atoms with Crippen LogP contribution in [0.4, 0.5) is 5.69 Å². The zero-order valence-corrected chi connectivity index (χ0v) is 15.5. The number of halogens is 2. The number of hydrogen-bond donors (Lipinski definition) is 1. The van der Waals surface area contributed by atoms with Crippen LogP contribution in [0.25, 0.3) is 6.08 Å². The molecule has 2 aromatic rings. The average Bonchev–Trinajstić information content (AvgIpc) is 2.61. The Morgan fingerprint density at radius 3 is 2.60 bits per heavy atom. The van der Waals surface area contributed by atoms with E-state index in [1.165, 1.54) is 6.08 Å². The summed E-state index contributed by atoms with van der Waals surface area (Å²) in [5.74, 6) is 1.03. The molecule has 4 nitrogen and oxygen atoms in total. The molecule has 0 atom stereocenters. The minimum absolute atomic E-state index is 0.274. The maximum absolute atomic E-state index is 12.0. The number of carbonyl (C=O) groups is 1. The van der Waals surface area contributed by atoms with E-state index < -0.39 is 0 Å². The number of nitrogens with one attached hydrogen (secondary N) is 1. The second-order valence-corrected chi connectivity index (χ2v) is 6.02. The van der Waals surface area contributed by atoms with Gasteiger partial charge >= 0.3 is 0 Å². The Morgan fingerprint density at radius 2 is 1.92 bits per heavy atom. The molecule has 25 heavy (non-hydrogen) atoms. The molecule has 0 heterocycles. The van der Waals surface area contributed by atoms with Gasteiger partial charge in [0.15, 0.2) is 11.5 Å². The Kier molecular flexibility index (Phi) is 7.16. The first kappa shape index (κ1) is 19.2. The summed E-state index contributed by atoms with van der Waals surface area (Å²) in [5, 5.41) is 3.55. The Labute approximate surface area is 157 Å². The molecule has 0 radical (unpaired) electrons. The Balaban J connectivity index is 2.04. The van der Waals surface area contributed by atoms with Gasteiger partial charge in [-0.3, -0.25) is 4.79 Å². The molecule has 1 amide bonds. The van der Waals surface area contributed by atoms with Crippen LogP contribution in [-0.2, 0) is 4.79 Å². The largest absolute Gasteiger partial charge is 0.493 e. The zero-order valence-electron chi connectivity index (χ0n) is 14.0. The van der Waals surface area contributed by atoms with Crippen molar-refractivity contribution in [3.05, 3.63) is 58.1 Å². The third kappa shape index (κ3) is 5.69. The van der Waals surface area contributed by atoms with Gasteiger partial charge in [-0.2, -0.15) is 0 Å². The van der Waals surface area contributed by atoms with E-state index >= 15 is 0 Å². The van der Waals surface area contributed by atoms with E-state index in [1.807, 2.05) is 25.1 Å². The SMILES string of the molecule is CCCOc1ccc(/C=C/C(=O)Nc2ccc(Cl)c(Cl)c2)cc1OC. The van der Waals surface area contributed by atoms with E-state index in [-0.39, 0.29) is 5.91 Å². The van der Waals surface area contributed by atoms with Crippen LogP contribution < -0.4 is 14.8 Å². The third-order valence-corrected chi connectivity index (χ3v) is 4.00. The monoisotopic (exact) mass is 379 g/mol. The summed E-state index contributed by atoms with van der Waals surface area (Å²) in [5.41, 5.74) is 1.40. The molecule has 0 saturated heterocycles. The maximum Gasteiger partial charge on any atom is 0.248 e. The van der Waals surface area contributed by atoms with E-state index in [1.54, 1.807) is 31.4 Å². The molecule has 0 unspecified atom stereocenters. The molecule has 0 aliphatic heterocycles. The molecule has 0 saturated carbocycles. The van der Waals surface area contributed by atoms with Crippen molar-refractivity contribution in [2.45, 2.75) is 13.3 Å². The fourth-order valence-electron chi connectivity index (χ4n) is 2.05. The molecular weight excluding hydrogens is 361 g/mol. The van der Waals surface area contributed by atoms with Gasteiger partial charge in [0.2, 0.25) is 5.91 Å². The van der Waals surface area contributed by atoms with Crippen molar-refractivity contribution in [2.24, 2.45) is 0 Å². The van der Waals surface area contributed by atoms with Crippen molar-refractivity contribution in [1.29, 1.82) is 0 Å². The van der Waals surface area contributed by atoms with Crippen molar-refractivity contribution in [2.75, 3.05) is 19.0 Å². The van der Waals surface area contributed by atoms with E-state index in [4.69, 9.17) is 32.7 Å². The maximum atomic E-state index is 12.0. The highest BCUT2D eigenvalue weighted by atomic mass is 35.5. The van der Waals surface area contributed by atoms with Gasteiger partial charge < -0.3 is 14.8 Å². The van der Waals surface area contributed by atoms with Crippen molar-refractivity contribution in [1.82, 2.24) is 0 Å². The average molecular weight is 380 g/mol. The van der Waals surface area contributed by atoms with Gasteiger partial charge in [0.05, 0.1) is 23.8 Å². The number of benzene rings is 2. The number of amides is 1. The van der Waals surface area contributed by atoms with E-state index in [0.717, 1.165) is 12.0 Å². The van der Waals surface area contributed by atoms with Gasteiger partial charge in [-0.15, -0.1) is 0 Å². The number of rotatable bonds is 7. The lowest BCUT2D eigenvalue weighted by atomic mass is 10.2. The highest BCUT2D eigenvalue weighted by molar-refractivity contribution is 6.42. The van der Waals surface area contributed by atoms with Crippen molar-refractivity contribution in [3.8, 4) is 11.5 Å². The molecule has 132 valence electrons. The van der Waals surface area contributed by atoms with E-state index in [2.05, 4.69) is 5.32 Å². The van der Waals surface area contributed by atoms with Crippen molar-refractivity contribution in [3.63, 3.8) is 0 Å². The molecule has 0 spiro atoms. The molecule has 0 aliphatic rings. The Morgan fingerprint density at radius 1 is 1.12 bits per heavy atom. The van der Waals surface area contributed by atoms with Gasteiger partial charge in [-0.1, -0.05) is 36.2 Å². The summed E-state index contributed by atoms with van der Waals surface area (Å²) in [6.45, 7) is 2.66. The van der Waals surface area contributed by atoms with Crippen LogP contribution in [-0.4, -0.2) is 19.6 Å². The fraction of sp³-hybridized carbons (Fsp3) is 0.211. The minimum Gasteiger partial charge on any atom is -0.493 e. The zero-order chi connectivity index (χ0) is 18.2. The Bertz CT molecular complexity index is 775. The molecule has 2 aromatic carbocycles. The standard InChI is InChI=1S/C19H19Cl2NO3/c1-3-10-25-17-8-4-13(11-18(17)24-2)5-9-19(23)22-14-6-7-15(20)16(21)12-14/h4-9,11-12H,3,10H2,1-2H3,(H,22,23)/b9-5+. The first-order valence-corrected chi connectivity index (χ1v) is 8.54. The smallest absolute Gasteiger partial charge is 0.248 e. The first-order valence-electron chi connectivity index (χ1n) is 7.78. The first-order chi connectivity index (χ1) is 12.0. The molecule has 0 aromatic heterocycles. The molecule has 0 bridgehead atoms. The van der Waals surface area contributed by atoms with Gasteiger partial charge in [-0.25, -0.2) is 0 Å². The summed E-state index contributed by atoms with van der Waals surface area (Å²) in [4.78, 5) is 12.0. The third-order valence-electron chi connectivity index (χ3n) is 3.26. The summed E-state index contributed by atoms with van der Waals surface area (Å²) < 4.78 is 10.9. The summed E-state index contributed by atoms with van der Waals surface area (Å²) in [6, 6.07) is 10.4. The topological polar surface area (TPSA) is 47.6 Å². The number of ether oxygens (including phenoxy) is 2. The fourth-order valence-corrected chi connectivity index (χ4v) is 2.35. The van der Waals surface area contributed by atoms with Crippen LogP contribution in [0.3, 0.4) is 0 Å². The summed E-state index contributed by atoms with van der Waals surface area (Å²) in [7, 11) is 1.58. The quantitative estimate of drug-likeness (QED) is 0.651. The lowest BCUT2D eigenvalue weighted by Crippen LogP contribution is -2.07. The number of carbonyl (C=O) groups excluding carboxylic acids is 1. The lowest BCUT2D eigenvalue weighted by Gasteiger charge is -2.10. The molecule has 6 heteroatoms. The van der Waals surface area contributed by atoms with E-state index in [9.17, 15) is 4.79 Å². The molecule has 0 aliphatic carbocycles. The van der Waals surface area contributed by atoms with Gasteiger partial charge in [0.1, 0.15) is 0 Å². The van der Waals surface area contributed by atoms with Crippen LogP contribution in [0.2, 0.25) is 10.0 Å². The van der Waals surface area contributed by atoms with Crippen molar-refractivity contribution >= 4 is 40.9 Å². The van der Waals surface area contributed by atoms with Gasteiger partial charge in [0, 0.05) is 11.8 Å². The molecule has 0 fully saturated rings. The predicted molar refractivity (Wildman–Crippen MR) is 103 cm³/mol. The van der Waals surface area contributed by atoms with Crippen LogP contribution >= 0.6 is 23.2 Å². The predicted octanol–water partition coefficient (Wildman–Crippen LogP) is 5.44. The second-order valence-electron chi connectivity index (χ2n) is 5.21. The number of anilines is 1. The van der Waals surface area contributed by atoms with Crippen LogP contribution in [0.5, 0.6) is 11.5 Å². The number of hydrogen-bond acceptors (Lipinski definition) is 3. The summed E-state index contributed by atoms with van der Waals surface area (Å²) in [6.07, 6.45) is 4.04. The Hall–Kier alpha value is -2.17. The molecular formula is C19H19Cl2NO3. The highest BCUT2D eigenvalue weighted by Gasteiger charge is 2.05. The van der Waals surface area contributed by atoms with Crippen molar-refractivity contribution < 1.29 is 14.3 Å². The highest BCUT2D eigenvalue weighted by Crippen LogP contribution is 2.29.